The molecule has 0 aromatic carbocycles. The van der Waals surface area contributed by atoms with Crippen molar-refractivity contribution >= 4 is 11.9 Å². The third-order valence-corrected chi connectivity index (χ3v) is 6.23. The summed E-state index contributed by atoms with van der Waals surface area (Å²) in [6, 6.07) is 0. The lowest BCUT2D eigenvalue weighted by atomic mass is 9.91. The van der Waals surface area contributed by atoms with Crippen LogP contribution in [0, 0.1) is 0 Å². The molecule has 0 atom stereocenters. The molecule has 0 aliphatic rings. The van der Waals surface area contributed by atoms with E-state index in [-0.39, 0.29) is 0 Å². The first-order valence-corrected chi connectivity index (χ1v) is 12.1. The summed E-state index contributed by atoms with van der Waals surface area (Å²) in [5, 5.41) is 0. The lowest BCUT2D eigenvalue weighted by molar-refractivity contribution is -0.453. The van der Waals surface area contributed by atoms with E-state index in [1.165, 1.54) is 0 Å². The van der Waals surface area contributed by atoms with Crippen molar-refractivity contribution in [2.24, 2.45) is 0 Å². The zero-order valence-electron chi connectivity index (χ0n) is 24.3. The Morgan fingerprint density at radius 2 is 0.564 bits per heavy atom. The highest BCUT2D eigenvalue weighted by Gasteiger charge is 2.95. The zero-order valence-corrected chi connectivity index (χ0v) is 24.3. The Bertz CT molecular complexity index is 1430. The van der Waals surface area contributed by atoms with Crippen LogP contribution in [0.1, 0.15) is 6.42 Å². The van der Waals surface area contributed by atoms with E-state index in [0.29, 0.717) is 0 Å². The van der Waals surface area contributed by atoms with Gasteiger partial charge in [0.05, 0.1) is 6.42 Å². The van der Waals surface area contributed by atoms with Crippen LogP contribution < -0.4 is 0 Å². The van der Waals surface area contributed by atoms with E-state index in [1.54, 1.807) is 0 Å². The summed E-state index contributed by atoms with van der Waals surface area (Å²) in [5.74, 6) is -106. The van der Waals surface area contributed by atoms with Gasteiger partial charge < -0.3 is 9.47 Å². The summed E-state index contributed by atoms with van der Waals surface area (Å²) in [5.41, 5.74) is -2.13. The quantitative estimate of drug-likeness (QED) is 0.0830. The minimum Gasteiger partial charge on any atom is -0.459 e. The minimum atomic E-state index is -8.79. The van der Waals surface area contributed by atoms with E-state index in [9.17, 15) is 141 Å². The van der Waals surface area contributed by atoms with E-state index in [0.717, 1.165) is 0 Å². The lowest BCUT2D eigenvalue weighted by Gasteiger charge is -2.41. The second-order valence-electron chi connectivity index (χ2n) is 10.2. The molecule has 0 bridgehead atoms. The number of rotatable bonds is 17. The number of ether oxygens (including phenoxy) is 2. The Kier molecular flexibility index (Phi) is 13.0. The monoisotopic (exact) mass is 894 g/mol. The van der Waals surface area contributed by atoms with Crippen molar-refractivity contribution in [3.05, 3.63) is 12.2 Å². The number of hydrogen-bond donors (Lipinski definition) is 0. The van der Waals surface area contributed by atoms with Crippen LogP contribution in [0.4, 0.5) is 132 Å². The van der Waals surface area contributed by atoms with Gasteiger partial charge >= 0.3 is 95.4 Å². The van der Waals surface area contributed by atoms with Crippen molar-refractivity contribution in [2.75, 3.05) is 13.2 Å². The van der Waals surface area contributed by atoms with E-state index in [4.69, 9.17) is 0 Å². The summed E-state index contributed by atoms with van der Waals surface area (Å²) < 4.78 is 400. The van der Waals surface area contributed by atoms with Crippen molar-refractivity contribution in [3.63, 3.8) is 0 Å². The fraction of sp³-hybridized carbons (Fsp3) is 0.810. The molecule has 0 saturated carbocycles. The molecule has 0 N–H and O–H groups in total. The fourth-order valence-electron chi connectivity index (χ4n) is 2.91. The van der Waals surface area contributed by atoms with Gasteiger partial charge in [-0.2, -0.15) is 132 Å². The van der Waals surface area contributed by atoms with Gasteiger partial charge in [-0.3, -0.25) is 4.79 Å². The fourth-order valence-corrected chi connectivity index (χ4v) is 2.91. The third-order valence-electron chi connectivity index (χ3n) is 6.23. The van der Waals surface area contributed by atoms with Crippen molar-refractivity contribution in [1.82, 2.24) is 0 Å². The maximum Gasteiger partial charge on any atom is 0.460 e. The second-order valence-corrected chi connectivity index (χ2v) is 10.2. The van der Waals surface area contributed by atoms with Crippen LogP contribution in [0.15, 0.2) is 12.2 Å². The average molecular weight is 894 g/mol. The van der Waals surface area contributed by atoms with Gasteiger partial charge in [0.25, 0.3) is 0 Å². The van der Waals surface area contributed by atoms with Crippen LogP contribution in [0.25, 0.3) is 0 Å². The largest absolute Gasteiger partial charge is 0.460 e. The average Bonchev–Trinajstić information content (AvgIpc) is 2.96. The van der Waals surface area contributed by atoms with Gasteiger partial charge in [0.2, 0.25) is 0 Å². The molecule has 0 spiro atoms. The van der Waals surface area contributed by atoms with Gasteiger partial charge in [-0.15, -0.1) is 0 Å². The van der Waals surface area contributed by atoms with Crippen LogP contribution >= 0.6 is 0 Å². The Morgan fingerprint density at radius 3 is 0.818 bits per heavy atom. The molecule has 0 rings (SSSR count). The van der Waals surface area contributed by atoms with Gasteiger partial charge in [0, 0.05) is 5.57 Å². The van der Waals surface area contributed by atoms with Gasteiger partial charge in [0.15, 0.2) is 13.2 Å². The molecule has 55 heavy (non-hydrogen) atoms. The summed E-state index contributed by atoms with van der Waals surface area (Å²) >= 11 is 0. The number of esters is 2. The highest BCUT2D eigenvalue weighted by molar-refractivity contribution is 5.93. The predicted molar refractivity (Wildman–Crippen MR) is 107 cm³/mol. The first-order valence-electron chi connectivity index (χ1n) is 12.1. The molecular formula is C21H8F30O4. The minimum absolute atomic E-state index is 2.13. The van der Waals surface area contributed by atoms with Crippen LogP contribution in [0.5, 0.6) is 0 Å². The summed E-state index contributed by atoms with van der Waals surface area (Å²) in [6.07, 6.45) is -18.4. The maximum absolute atomic E-state index is 13.7. The number of hydrogen-bond acceptors (Lipinski definition) is 4. The Hall–Kier alpha value is -3.42. The van der Waals surface area contributed by atoms with Crippen molar-refractivity contribution in [3.8, 4) is 0 Å². The van der Waals surface area contributed by atoms with Gasteiger partial charge in [0.1, 0.15) is 0 Å². The van der Waals surface area contributed by atoms with Crippen molar-refractivity contribution in [2.45, 2.75) is 89.8 Å². The molecule has 0 aliphatic carbocycles. The highest BCUT2D eigenvalue weighted by Crippen LogP contribution is 2.64. The molecule has 0 heterocycles. The van der Waals surface area contributed by atoms with Crippen LogP contribution in [0.3, 0.4) is 0 Å². The van der Waals surface area contributed by atoms with Crippen LogP contribution in [-0.2, 0) is 19.1 Å². The molecule has 0 aromatic heterocycles. The molecule has 0 aliphatic heterocycles. The molecule has 0 saturated heterocycles. The Morgan fingerprint density at radius 1 is 0.345 bits per heavy atom. The number of carbonyl (C=O) groups is 2. The van der Waals surface area contributed by atoms with E-state index in [1.807, 2.05) is 0 Å². The molecule has 0 radical (unpaired) electrons. The number of alkyl halides is 30. The Balaban J connectivity index is 6.05. The zero-order chi connectivity index (χ0) is 45.3. The molecule has 0 aromatic rings. The summed E-state index contributed by atoms with van der Waals surface area (Å²) in [4.78, 5) is 22.9. The molecule has 4 nitrogen and oxygen atoms in total. The molecule has 34 heteroatoms. The summed E-state index contributed by atoms with van der Waals surface area (Å²) in [6.45, 7) is -5.58. The Labute approximate surface area is 279 Å². The van der Waals surface area contributed by atoms with Gasteiger partial charge in [-0.05, 0) is 0 Å². The molecule has 0 unspecified atom stereocenters. The molecular weight excluding hydrogens is 886 g/mol. The topological polar surface area (TPSA) is 52.6 Å². The third kappa shape index (κ3) is 7.69. The normalized spacial score (nSPS) is 15.9. The highest BCUT2D eigenvalue weighted by atomic mass is 19.4. The summed E-state index contributed by atoms with van der Waals surface area (Å²) in [7, 11) is 0. The van der Waals surface area contributed by atoms with E-state index < -0.39 is 121 Å². The van der Waals surface area contributed by atoms with Gasteiger partial charge in [-0.1, -0.05) is 6.58 Å². The van der Waals surface area contributed by atoms with E-state index in [2.05, 4.69) is 16.1 Å². The number of carbonyl (C=O) groups excluding carboxylic acids is 2. The first kappa shape index (κ1) is 51.6. The maximum atomic E-state index is 13.7. The van der Waals surface area contributed by atoms with Crippen LogP contribution in [-0.4, -0.2) is 109 Å². The molecule has 0 fully saturated rings. The standard InChI is InChI=1S/C21H8F30O4/c1-5(7(53)55-4-9(24,25)11(28,29)13(32,33)15(36,37)17(40,41)19(44,45)21(49,50)51)2-6(52)54-3-8(22,23)10(26,27)12(30,31)14(34,35)16(38,39)18(42,43)20(46,47)48/h1-4H2. The lowest BCUT2D eigenvalue weighted by Crippen LogP contribution is -2.73. The molecule has 0 amide bonds. The number of halogens is 30. The SMILES string of the molecule is C=C(CC(=O)OCC(F)(F)C(F)(F)C(F)(F)C(F)(F)C(F)(F)C(F)(F)C(F)(F)F)C(=O)OCC(F)(F)C(F)(F)C(F)(F)C(F)(F)C(F)(F)C(F)(F)C(F)(F)F. The first-order chi connectivity index (χ1) is 23.4. The van der Waals surface area contributed by atoms with Crippen LogP contribution in [0.2, 0.25) is 0 Å². The van der Waals surface area contributed by atoms with E-state index >= 15 is 0 Å². The predicted octanol–water partition coefficient (Wildman–Crippen LogP) is 9.77. The van der Waals surface area contributed by atoms with Crippen molar-refractivity contribution in [1.29, 1.82) is 0 Å². The smallest absolute Gasteiger partial charge is 0.459 e. The molecule has 326 valence electrons. The second kappa shape index (κ2) is 13.9. The van der Waals surface area contributed by atoms with Gasteiger partial charge in [-0.25, -0.2) is 4.79 Å². The van der Waals surface area contributed by atoms with Crippen molar-refractivity contribution < 1.29 is 151 Å².